The van der Waals surface area contributed by atoms with E-state index in [4.69, 9.17) is 16.3 Å². The summed E-state index contributed by atoms with van der Waals surface area (Å²) in [6, 6.07) is 6.71. The maximum Gasteiger partial charge on any atom is 0.407 e. The highest BCUT2D eigenvalue weighted by molar-refractivity contribution is 6.33. The molecule has 0 aliphatic carbocycles. The molecule has 1 aromatic rings. The van der Waals surface area contributed by atoms with Crippen LogP contribution in [0.15, 0.2) is 24.3 Å². The Morgan fingerprint density at radius 3 is 2.39 bits per heavy atom. The third kappa shape index (κ3) is 7.03. The van der Waals surface area contributed by atoms with Crippen LogP contribution in [0.4, 0.5) is 4.79 Å². The minimum atomic E-state index is -0.520. The number of hydrogen-bond acceptors (Lipinski definition) is 4. The zero-order valence-corrected chi connectivity index (χ0v) is 17.3. The van der Waals surface area contributed by atoms with Gasteiger partial charge in [0.2, 0.25) is 5.91 Å². The molecule has 0 bridgehead atoms. The van der Waals surface area contributed by atoms with Gasteiger partial charge in [0.1, 0.15) is 5.60 Å². The van der Waals surface area contributed by atoms with Crippen molar-refractivity contribution >= 4 is 29.5 Å². The number of alkyl carbamates (subject to hydrolysis) is 1. The Kier molecular flexibility index (Phi) is 7.69. The molecule has 7 nitrogen and oxygen atoms in total. The van der Waals surface area contributed by atoms with Gasteiger partial charge in [-0.25, -0.2) is 4.79 Å². The Morgan fingerprint density at radius 2 is 1.79 bits per heavy atom. The van der Waals surface area contributed by atoms with Gasteiger partial charge in [0.15, 0.2) is 0 Å². The summed E-state index contributed by atoms with van der Waals surface area (Å²) in [6.45, 7) is 7.12. The summed E-state index contributed by atoms with van der Waals surface area (Å²) in [5, 5.41) is 5.76. The molecule has 1 saturated heterocycles. The lowest BCUT2D eigenvalue weighted by Gasteiger charge is -2.32. The number of ether oxygens (including phenoxy) is 1. The van der Waals surface area contributed by atoms with Crippen molar-refractivity contribution in [2.75, 3.05) is 26.2 Å². The second kappa shape index (κ2) is 9.78. The maximum atomic E-state index is 12.3. The first-order chi connectivity index (χ1) is 13.2. The first-order valence-electron chi connectivity index (χ1n) is 9.43. The van der Waals surface area contributed by atoms with E-state index < -0.39 is 11.7 Å². The zero-order valence-electron chi connectivity index (χ0n) is 16.6. The molecule has 1 fully saturated rings. The van der Waals surface area contributed by atoms with Gasteiger partial charge in [-0.3, -0.25) is 9.59 Å². The summed E-state index contributed by atoms with van der Waals surface area (Å²) >= 11 is 5.99. The van der Waals surface area contributed by atoms with Gasteiger partial charge >= 0.3 is 6.09 Å². The van der Waals surface area contributed by atoms with E-state index in [-0.39, 0.29) is 18.4 Å². The second-order valence-corrected chi connectivity index (χ2v) is 8.28. The number of nitrogens with zero attached hydrogens (tertiary/aromatic N) is 1. The van der Waals surface area contributed by atoms with Crippen molar-refractivity contribution in [1.29, 1.82) is 0 Å². The fourth-order valence-corrected chi connectivity index (χ4v) is 3.16. The molecule has 2 N–H and O–H groups in total. The summed E-state index contributed by atoms with van der Waals surface area (Å²) in [7, 11) is 0. The Hall–Kier alpha value is -2.28. The van der Waals surface area contributed by atoms with E-state index in [1.807, 2.05) is 20.8 Å². The molecule has 1 aliphatic heterocycles. The predicted molar refractivity (Wildman–Crippen MR) is 107 cm³/mol. The molecule has 154 valence electrons. The van der Waals surface area contributed by atoms with Gasteiger partial charge in [0, 0.05) is 19.6 Å². The fraction of sp³-hybridized carbons (Fsp3) is 0.550. The van der Waals surface area contributed by atoms with Gasteiger partial charge in [0.05, 0.1) is 17.1 Å². The van der Waals surface area contributed by atoms with Gasteiger partial charge < -0.3 is 20.3 Å². The lowest BCUT2D eigenvalue weighted by molar-refractivity contribution is -0.131. The van der Waals surface area contributed by atoms with Crippen LogP contribution in [0.1, 0.15) is 44.0 Å². The summed E-state index contributed by atoms with van der Waals surface area (Å²) in [4.78, 5) is 37.9. The number of nitrogens with one attached hydrogen (secondary N) is 2. The van der Waals surface area contributed by atoms with Gasteiger partial charge in [0.25, 0.3) is 5.91 Å². The van der Waals surface area contributed by atoms with E-state index in [1.165, 1.54) is 0 Å². The minimum absolute atomic E-state index is 0.0646. The second-order valence-electron chi connectivity index (χ2n) is 7.87. The molecule has 0 atom stereocenters. The van der Waals surface area contributed by atoms with Crippen molar-refractivity contribution in [2.24, 2.45) is 5.92 Å². The lowest BCUT2D eigenvalue weighted by Crippen LogP contribution is -2.45. The summed E-state index contributed by atoms with van der Waals surface area (Å²) in [5.41, 5.74) is -0.169. The molecule has 0 aromatic heterocycles. The van der Waals surface area contributed by atoms with E-state index in [9.17, 15) is 14.4 Å². The molecule has 0 saturated carbocycles. The van der Waals surface area contributed by atoms with Gasteiger partial charge in [-0.1, -0.05) is 23.7 Å². The molecule has 0 spiro atoms. The lowest BCUT2D eigenvalue weighted by atomic mass is 9.97. The van der Waals surface area contributed by atoms with Crippen molar-refractivity contribution in [3.63, 3.8) is 0 Å². The molecule has 1 heterocycles. The summed E-state index contributed by atoms with van der Waals surface area (Å²) < 4.78 is 5.22. The zero-order chi connectivity index (χ0) is 20.7. The number of carbonyl (C=O) groups is 3. The average molecular weight is 410 g/mol. The van der Waals surface area contributed by atoms with Gasteiger partial charge in [-0.2, -0.15) is 0 Å². The molecule has 1 aliphatic rings. The highest BCUT2D eigenvalue weighted by atomic mass is 35.5. The van der Waals surface area contributed by atoms with Crippen LogP contribution >= 0.6 is 11.6 Å². The Labute approximate surface area is 170 Å². The van der Waals surface area contributed by atoms with E-state index in [0.717, 1.165) is 12.8 Å². The third-order valence-electron chi connectivity index (χ3n) is 4.42. The first kappa shape index (κ1) is 22.0. The number of halogens is 1. The van der Waals surface area contributed by atoms with Crippen LogP contribution in [-0.2, 0) is 9.53 Å². The summed E-state index contributed by atoms with van der Waals surface area (Å²) in [6.07, 6.45) is 1.16. The van der Waals surface area contributed by atoms with E-state index in [1.54, 1.807) is 29.2 Å². The van der Waals surface area contributed by atoms with E-state index >= 15 is 0 Å². The van der Waals surface area contributed by atoms with Crippen LogP contribution in [0.3, 0.4) is 0 Å². The molecule has 0 unspecified atom stereocenters. The molecule has 8 heteroatoms. The number of piperidine rings is 1. The SMILES string of the molecule is CC(C)(C)OC(=O)NCC1CCN(C(=O)CNC(=O)c2ccccc2Cl)CC1. The van der Waals surface area contributed by atoms with E-state index in [0.29, 0.717) is 36.1 Å². The largest absolute Gasteiger partial charge is 0.444 e. The molecule has 3 amide bonds. The molecule has 0 radical (unpaired) electrons. The number of benzene rings is 1. The Morgan fingerprint density at radius 1 is 1.14 bits per heavy atom. The maximum absolute atomic E-state index is 12.3. The monoisotopic (exact) mass is 409 g/mol. The van der Waals surface area contributed by atoms with Crippen LogP contribution < -0.4 is 10.6 Å². The average Bonchev–Trinajstić information content (AvgIpc) is 2.63. The number of likely N-dealkylation sites (tertiary alicyclic amines) is 1. The quantitative estimate of drug-likeness (QED) is 0.782. The fourth-order valence-electron chi connectivity index (χ4n) is 2.94. The number of amides is 3. The molecule has 28 heavy (non-hydrogen) atoms. The van der Waals surface area contributed by atoms with Gasteiger partial charge in [-0.05, 0) is 51.7 Å². The highest BCUT2D eigenvalue weighted by Gasteiger charge is 2.24. The molecular weight excluding hydrogens is 382 g/mol. The standard InChI is InChI=1S/C20H28ClN3O4/c1-20(2,3)28-19(27)23-12-14-8-10-24(11-9-14)17(25)13-22-18(26)15-6-4-5-7-16(15)21/h4-7,14H,8-13H2,1-3H3,(H,22,26)(H,23,27). The van der Waals surface area contributed by atoms with Crippen LogP contribution in [0.25, 0.3) is 0 Å². The number of carbonyl (C=O) groups excluding carboxylic acids is 3. The van der Waals surface area contributed by atoms with Crippen molar-refractivity contribution in [1.82, 2.24) is 15.5 Å². The first-order valence-corrected chi connectivity index (χ1v) is 9.81. The number of hydrogen-bond donors (Lipinski definition) is 2. The number of rotatable bonds is 5. The van der Waals surface area contributed by atoms with Crippen LogP contribution in [0.2, 0.25) is 5.02 Å². The Bertz CT molecular complexity index is 710. The van der Waals surface area contributed by atoms with Crippen LogP contribution in [0, 0.1) is 5.92 Å². The van der Waals surface area contributed by atoms with Crippen molar-refractivity contribution in [3.05, 3.63) is 34.9 Å². The topological polar surface area (TPSA) is 87.7 Å². The van der Waals surface area contributed by atoms with Crippen molar-refractivity contribution in [2.45, 2.75) is 39.2 Å². The smallest absolute Gasteiger partial charge is 0.407 e. The van der Waals surface area contributed by atoms with Crippen LogP contribution in [-0.4, -0.2) is 54.6 Å². The van der Waals surface area contributed by atoms with Crippen LogP contribution in [0.5, 0.6) is 0 Å². The van der Waals surface area contributed by atoms with Gasteiger partial charge in [-0.15, -0.1) is 0 Å². The normalized spacial score (nSPS) is 15.1. The molecule has 2 rings (SSSR count). The predicted octanol–water partition coefficient (Wildman–Crippen LogP) is 2.83. The van der Waals surface area contributed by atoms with Crippen molar-refractivity contribution < 1.29 is 19.1 Å². The highest BCUT2D eigenvalue weighted by Crippen LogP contribution is 2.17. The van der Waals surface area contributed by atoms with Crippen molar-refractivity contribution in [3.8, 4) is 0 Å². The van der Waals surface area contributed by atoms with E-state index in [2.05, 4.69) is 10.6 Å². The third-order valence-corrected chi connectivity index (χ3v) is 4.75. The minimum Gasteiger partial charge on any atom is -0.444 e. The Balaban J connectivity index is 1.70. The summed E-state index contributed by atoms with van der Waals surface area (Å²) in [5.74, 6) is -0.191. The molecular formula is C20H28ClN3O4. The molecule has 1 aromatic carbocycles.